The van der Waals surface area contributed by atoms with E-state index in [4.69, 9.17) is 11.6 Å². The largest absolute Gasteiger partial charge is 0.277 e. The number of hydrogen-bond donors (Lipinski definition) is 1. The van der Waals surface area contributed by atoms with Crippen molar-refractivity contribution in [3.63, 3.8) is 0 Å². The molecule has 0 radical (unpaired) electrons. The van der Waals surface area contributed by atoms with Gasteiger partial charge in [-0.15, -0.1) is 0 Å². The summed E-state index contributed by atoms with van der Waals surface area (Å²) in [5, 5.41) is 0.0476. The van der Waals surface area contributed by atoms with Gasteiger partial charge in [-0.05, 0) is 24.3 Å². The summed E-state index contributed by atoms with van der Waals surface area (Å²) in [7, 11) is -3.87. The highest BCUT2D eigenvalue weighted by molar-refractivity contribution is 7.92. The first-order chi connectivity index (χ1) is 8.49. The molecule has 2 rings (SSSR count). The Hall–Kier alpha value is -1.66. The molecule has 0 amide bonds. The quantitative estimate of drug-likeness (QED) is 0.883. The summed E-state index contributed by atoms with van der Waals surface area (Å²) in [5.74, 6) is -0.652. The highest BCUT2D eigenvalue weighted by Gasteiger charge is 2.16. The summed E-state index contributed by atoms with van der Waals surface area (Å²) in [6.45, 7) is 0. The number of nitrogens with zero attached hydrogens (tertiary/aromatic N) is 1. The van der Waals surface area contributed by atoms with Crippen LogP contribution in [0.5, 0.6) is 0 Å². The highest BCUT2D eigenvalue weighted by atomic mass is 35.5. The minimum absolute atomic E-state index is 0.0476. The molecule has 1 aromatic heterocycles. The molecule has 94 valence electrons. The third-order valence-electron chi connectivity index (χ3n) is 2.13. The van der Waals surface area contributed by atoms with E-state index in [0.717, 1.165) is 6.07 Å². The van der Waals surface area contributed by atoms with Crippen LogP contribution in [0.4, 0.5) is 10.1 Å². The molecule has 0 fully saturated rings. The van der Waals surface area contributed by atoms with Crippen LogP contribution < -0.4 is 4.72 Å². The van der Waals surface area contributed by atoms with E-state index in [1.165, 1.54) is 36.5 Å². The Morgan fingerprint density at radius 1 is 1.22 bits per heavy atom. The van der Waals surface area contributed by atoms with Gasteiger partial charge in [0.25, 0.3) is 10.0 Å². The van der Waals surface area contributed by atoms with Gasteiger partial charge < -0.3 is 0 Å². The number of rotatable bonds is 3. The van der Waals surface area contributed by atoms with Crippen LogP contribution >= 0.6 is 11.6 Å². The Morgan fingerprint density at radius 2 is 1.94 bits per heavy atom. The predicted molar refractivity (Wildman–Crippen MR) is 66.5 cm³/mol. The monoisotopic (exact) mass is 286 g/mol. The first kappa shape index (κ1) is 12.8. The zero-order valence-corrected chi connectivity index (χ0v) is 10.5. The fourth-order valence-electron chi connectivity index (χ4n) is 1.30. The standard InChI is InChI=1S/C11H8ClFN2O2S/c12-11-7-8(5-6-14-11)18(16,17)15-10-4-2-1-3-9(10)13/h1-7,15H. The molecule has 0 aliphatic rings. The lowest BCUT2D eigenvalue weighted by Crippen LogP contribution is -2.14. The summed E-state index contributed by atoms with van der Waals surface area (Å²) in [4.78, 5) is 3.60. The molecule has 0 saturated carbocycles. The molecule has 0 saturated heterocycles. The van der Waals surface area contributed by atoms with Gasteiger partial charge in [0, 0.05) is 6.20 Å². The molecule has 2 aromatic rings. The van der Waals surface area contributed by atoms with Crippen LogP contribution in [-0.2, 0) is 10.0 Å². The van der Waals surface area contributed by atoms with Gasteiger partial charge in [-0.25, -0.2) is 17.8 Å². The van der Waals surface area contributed by atoms with Gasteiger partial charge >= 0.3 is 0 Å². The van der Waals surface area contributed by atoms with E-state index in [9.17, 15) is 12.8 Å². The van der Waals surface area contributed by atoms with E-state index in [1.807, 2.05) is 0 Å². The minimum Gasteiger partial charge on any atom is -0.277 e. The van der Waals surface area contributed by atoms with Crippen LogP contribution in [0.1, 0.15) is 0 Å². The third kappa shape index (κ3) is 2.77. The summed E-state index contributed by atoms with van der Waals surface area (Å²) in [6, 6.07) is 7.95. The van der Waals surface area contributed by atoms with Gasteiger partial charge in [-0.1, -0.05) is 23.7 Å². The number of benzene rings is 1. The maximum atomic E-state index is 13.3. The number of anilines is 1. The van der Waals surface area contributed by atoms with E-state index in [2.05, 4.69) is 9.71 Å². The Bertz CT molecular complexity index is 676. The average Bonchev–Trinajstić information content (AvgIpc) is 2.32. The second-order valence-electron chi connectivity index (χ2n) is 3.40. The van der Waals surface area contributed by atoms with Crippen LogP contribution in [0.3, 0.4) is 0 Å². The molecule has 0 aliphatic heterocycles. The molecule has 7 heteroatoms. The lowest BCUT2D eigenvalue weighted by atomic mass is 10.3. The molecular weight excluding hydrogens is 279 g/mol. The van der Waals surface area contributed by atoms with E-state index in [1.54, 1.807) is 0 Å². The first-order valence-corrected chi connectivity index (χ1v) is 6.74. The van der Waals surface area contributed by atoms with Crippen molar-refractivity contribution < 1.29 is 12.8 Å². The Morgan fingerprint density at radius 3 is 2.61 bits per heavy atom. The molecule has 0 atom stereocenters. The van der Waals surface area contributed by atoms with Crippen molar-refractivity contribution in [2.24, 2.45) is 0 Å². The van der Waals surface area contributed by atoms with Crippen molar-refractivity contribution in [3.05, 3.63) is 53.6 Å². The van der Waals surface area contributed by atoms with Crippen molar-refractivity contribution in [2.75, 3.05) is 4.72 Å². The fraction of sp³-hybridized carbons (Fsp3) is 0. The fourth-order valence-corrected chi connectivity index (χ4v) is 2.62. The van der Waals surface area contributed by atoms with Crippen molar-refractivity contribution in [1.29, 1.82) is 0 Å². The Labute approximate surface area is 108 Å². The number of sulfonamides is 1. The highest BCUT2D eigenvalue weighted by Crippen LogP contribution is 2.19. The van der Waals surface area contributed by atoms with Crippen LogP contribution in [-0.4, -0.2) is 13.4 Å². The number of hydrogen-bond acceptors (Lipinski definition) is 3. The third-order valence-corrected chi connectivity index (χ3v) is 3.70. The number of aromatic nitrogens is 1. The zero-order valence-electron chi connectivity index (χ0n) is 8.97. The van der Waals surface area contributed by atoms with Crippen molar-refractivity contribution in [3.8, 4) is 0 Å². The smallest absolute Gasteiger partial charge is 0.262 e. The Kier molecular flexibility index (Phi) is 3.49. The predicted octanol–water partition coefficient (Wildman–Crippen LogP) is 2.67. The van der Waals surface area contributed by atoms with E-state index < -0.39 is 15.8 Å². The van der Waals surface area contributed by atoms with Crippen LogP contribution in [0.15, 0.2) is 47.5 Å². The van der Waals surface area contributed by atoms with E-state index in [-0.39, 0.29) is 15.7 Å². The molecular formula is C11H8ClFN2O2S. The second kappa shape index (κ2) is 4.91. The number of halogens is 2. The topological polar surface area (TPSA) is 59.1 Å². The SMILES string of the molecule is O=S(=O)(Nc1ccccc1F)c1ccnc(Cl)c1. The molecule has 0 unspecified atom stereocenters. The van der Waals surface area contributed by atoms with Crippen LogP contribution in [0, 0.1) is 5.82 Å². The van der Waals surface area contributed by atoms with Crippen LogP contribution in [0.2, 0.25) is 5.15 Å². The summed E-state index contributed by atoms with van der Waals surface area (Å²) in [5.41, 5.74) is -0.120. The lowest BCUT2D eigenvalue weighted by Gasteiger charge is -2.08. The molecule has 0 spiro atoms. The summed E-state index contributed by atoms with van der Waals surface area (Å²) in [6.07, 6.45) is 1.26. The average molecular weight is 287 g/mol. The zero-order chi connectivity index (χ0) is 13.2. The molecule has 18 heavy (non-hydrogen) atoms. The first-order valence-electron chi connectivity index (χ1n) is 4.88. The number of nitrogens with one attached hydrogen (secondary N) is 1. The van der Waals surface area contributed by atoms with Crippen molar-refractivity contribution in [2.45, 2.75) is 4.90 Å². The number of pyridine rings is 1. The molecule has 1 N–H and O–H groups in total. The van der Waals surface area contributed by atoms with Crippen molar-refractivity contribution in [1.82, 2.24) is 4.98 Å². The molecule has 1 aromatic carbocycles. The Balaban J connectivity index is 2.37. The second-order valence-corrected chi connectivity index (χ2v) is 5.47. The number of para-hydroxylation sites is 1. The summed E-state index contributed by atoms with van der Waals surface area (Å²) < 4.78 is 39.4. The van der Waals surface area contributed by atoms with Gasteiger partial charge in [0.15, 0.2) is 0 Å². The lowest BCUT2D eigenvalue weighted by molar-refractivity contribution is 0.598. The molecule has 0 bridgehead atoms. The molecule has 4 nitrogen and oxygen atoms in total. The van der Waals surface area contributed by atoms with Gasteiger partial charge in [0.2, 0.25) is 0 Å². The van der Waals surface area contributed by atoms with E-state index >= 15 is 0 Å². The van der Waals surface area contributed by atoms with Gasteiger partial charge in [0.1, 0.15) is 11.0 Å². The molecule has 1 heterocycles. The van der Waals surface area contributed by atoms with Crippen LogP contribution in [0.25, 0.3) is 0 Å². The maximum absolute atomic E-state index is 13.3. The molecule has 0 aliphatic carbocycles. The van der Waals surface area contributed by atoms with Gasteiger partial charge in [-0.2, -0.15) is 0 Å². The maximum Gasteiger partial charge on any atom is 0.262 e. The van der Waals surface area contributed by atoms with E-state index in [0.29, 0.717) is 0 Å². The van der Waals surface area contributed by atoms with Gasteiger partial charge in [0.05, 0.1) is 10.6 Å². The van der Waals surface area contributed by atoms with Crippen molar-refractivity contribution >= 4 is 27.3 Å². The normalized spacial score (nSPS) is 11.2. The summed E-state index contributed by atoms with van der Waals surface area (Å²) >= 11 is 5.61. The van der Waals surface area contributed by atoms with Gasteiger partial charge in [-0.3, -0.25) is 4.72 Å². The minimum atomic E-state index is -3.87.